The van der Waals surface area contributed by atoms with Crippen molar-refractivity contribution in [2.75, 3.05) is 13.1 Å². The van der Waals surface area contributed by atoms with Crippen molar-refractivity contribution < 1.29 is 27.9 Å². The summed E-state index contributed by atoms with van der Waals surface area (Å²) in [5, 5.41) is 2.18. The van der Waals surface area contributed by atoms with E-state index in [0.717, 1.165) is 16.7 Å². The van der Waals surface area contributed by atoms with Crippen molar-refractivity contribution in [3.8, 4) is 5.75 Å². The molecule has 2 rings (SSSR count). The highest BCUT2D eigenvalue weighted by Crippen LogP contribution is 2.32. The number of rotatable bonds is 7. The maximum Gasteiger partial charge on any atom is 0.387 e. The number of carbonyl (C=O) groups excluding carboxylic acids is 3. The second-order valence-electron chi connectivity index (χ2n) is 4.98. The quantitative estimate of drug-likeness (QED) is 0.747. The average Bonchev–Trinajstić information content (AvgIpc) is 2.83. The predicted molar refractivity (Wildman–Crippen MR) is 89.1 cm³/mol. The molecule has 9 heteroatoms. The van der Waals surface area contributed by atoms with Gasteiger partial charge in [-0.25, -0.2) is 0 Å². The molecular formula is C16H16F2N2O4S. The highest BCUT2D eigenvalue weighted by atomic mass is 32.2. The molecule has 0 unspecified atom stereocenters. The molecule has 1 fully saturated rings. The molecule has 0 aliphatic carbocycles. The predicted octanol–water partition coefficient (Wildman–Crippen LogP) is 2.85. The smallest absolute Gasteiger partial charge is 0.387 e. The number of halogens is 2. The number of carbonyl (C=O) groups is 3. The number of hydrogen-bond acceptors (Lipinski definition) is 5. The molecule has 1 aromatic carbocycles. The van der Waals surface area contributed by atoms with Crippen LogP contribution in [0.1, 0.15) is 18.9 Å². The average molecular weight is 370 g/mol. The van der Waals surface area contributed by atoms with E-state index in [0.29, 0.717) is 12.0 Å². The van der Waals surface area contributed by atoms with Crippen molar-refractivity contribution in [3.63, 3.8) is 0 Å². The fourth-order valence-corrected chi connectivity index (χ4v) is 2.89. The Labute approximate surface area is 147 Å². The number of benzene rings is 1. The van der Waals surface area contributed by atoms with Crippen LogP contribution in [0, 0.1) is 0 Å². The zero-order valence-corrected chi connectivity index (χ0v) is 14.1. The van der Waals surface area contributed by atoms with Crippen molar-refractivity contribution in [2.24, 2.45) is 0 Å². The lowest BCUT2D eigenvalue weighted by Crippen LogP contribution is -2.37. The molecule has 1 N–H and O–H groups in total. The zero-order chi connectivity index (χ0) is 18.4. The van der Waals surface area contributed by atoms with Gasteiger partial charge in [-0.15, -0.1) is 0 Å². The highest BCUT2D eigenvalue weighted by Gasteiger charge is 2.34. The van der Waals surface area contributed by atoms with E-state index in [1.165, 1.54) is 30.3 Å². The molecular weight excluding hydrogens is 354 g/mol. The molecule has 0 aromatic heterocycles. The summed E-state index contributed by atoms with van der Waals surface area (Å²) < 4.78 is 28.5. The molecule has 1 heterocycles. The highest BCUT2D eigenvalue weighted by molar-refractivity contribution is 8.18. The summed E-state index contributed by atoms with van der Waals surface area (Å²) in [4.78, 5) is 36.6. The summed E-state index contributed by atoms with van der Waals surface area (Å²) in [6, 6.07) is 5.71. The first-order chi connectivity index (χ1) is 11.9. The van der Waals surface area contributed by atoms with Crippen LogP contribution in [-0.4, -0.2) is 41.7 Å². The van der Waals surface area contributed by atoms with Gasteiger partial charge in [0.05, 0.1) is 4.91 Å². The summed E-state index contributed by atoms with van der Waals surface area (Å²) in [6.45, 7) is -0.918. The van der Waals surface area contributed by atoms with E-state index in [1.54, 1.807) is 6.92 Å². The fourth-order valence-electron chi connectivity index (χ4n) is 2.02. The van der Waals surface area contributed by atoms with Crippen molar-refractivity contribution in [3.05, 3.63) is 34.7 Å². The Bertz CT molecular complexity index is 692. The third-order valence-corrected chi connectivity index (χ3v) is 4.16. The molecule has 1 aliphatic heterocycles. The van der Waals surface area contributed by atoms with Crippen molar-refractivity contribution in [1.29, 1.82) is 0 Å². The van der Waals surface area contributed by atoms with Crippen LogP contribution >= 0.6 is 11.8 Å². The van der Waals surface area contributed by atoms with E-state index >= 15 is 0 Å². The van der Waals surface area contributed by atoms with Gasteiger partial charge in [-0.3, -0.25) is 19.3 Å². The molecule has 0 bridgehead atoms. The minimum Gasteiger partial charge on any atom is -0.435 e. The number of amides is 3. The topological polar surface area (TPSA) is 75.7 Å². The molecule has 134 valence electrons. The first-order valence-electron chi connectivity index (χ1n) is 7.47. The Hall–Kier alpha value is -2.42. The van der Waals surface area contributed by atoms with Crippen molar-refractivity contribution in [2.45, 2.75) is 20.0 Å². The van der Waals surface area contributed by atoms with Crippen LogP contribution in [0.15, 0.2) is 29.2 Å². The normalized spacial score (nSPS) is 16.0. The Kier molecular flexibility index (Phi) is 6.51. The number of nitrogens with zero attached hydrogens (tertiary/aromatic N) is 1. The van der Waals surface area contributed by atoms with Crippen LogP contribution in [0.25, 0.3) is 6.08 Å². The van der Waals surface area contributed by atoms with Crippen LogP contribution < -0.4 is 10.1 Å². The minimum atomic E-state index is -2.91. The standard InChI is InChI=1S/C16H16F2N2O4S/c1-2-13(21)19-7-8-20-14(22)12(25-16(20)23)9-10-3-5-11(6-4-10)24-15(17)18/h3-6,9,15H,2,7-8H2,1H3,(H,19,21). The molecule has 0 saturated carbocycles. The van der Waals surface area contributed by atoms with Gasteiger partial charge in [0.25, 0.3) is 11.1 Å². The molecule has 6 nitrogen and oxygen atoms in total. The van der Waals surface area contributed by atoms with E-state index in [4.69, 9.17) is 0 Å². The Morgan fingerprint density at radius 3 is 2.60 bits per heavy atom. The number of nitrogens with one attached hydrogen (secondary N) is 1. The van der Waals surface area contributed by atoms with Crippen LogP contribution in [0.2, 0.25) is 0 Å². The summed E-state index contributed by atoms with van der Waals surface area (Å²) in [6.07, 6.45) is 1.83. The fraction of sp³-hybridized carbons (Fsp3) is 0.312. The molecule has 0 atom stereocenters. The van der Waals surface area contributed by atoms with Gasteiger partial charge >= 0.3 is 6.61 Å². The third-order valence-electron chi connectivity index (χ3n) is 3.26. The number of alkyl halides is 2. The summed E-state index contributed by atoms with van der Waals surface area (Å²) in [5.41, 5.74) is 0.575. The van der Waals surface area contributed by atoms with E-state index in [9.17, 15) is 23.2 Å². The Balaban J connectivity index is 2.00. The van der Waals surface area contributed by atoms with E-state index in [2.05, 4.69) is 10.1 Å². The number of hydrogen-bond donors (Lipinski definition) is 1. The van der Waals surface area contributed by atoms with Gasteiger partial charge in [-0.2, -0.15) is 8.78 Å². The Morgan fingerprint density at radius 1 is 1.32 bits per heavy atom. The lowest BCUT2D eigenvalue weighted by atomic mass is 10.2. The molecule has 25 heavy (non-hydrogen) atoms. The van der Waals surface area contributed by atoms with Crippen LogP contribution in [-0.2, 0) is 9.59 Å². The molecule has 1 saturated heterocycles. The van der Waals surface area contributed by atoms with Crippen LogP contribution in [0.5, 0.6) is 5.75 Å². The Morgan fingerprint density at radius 2 is 2.00 bits per heavy atom. The minimum absolute atomic E-state index is 0.00641. The number of thioether (sulfide) groups is 1. The molecule has 0 radical (unpaired) electrons. The monoisotopic (exact) mass is 370 g/mol. The van der Waals surface area contributed by atoms with Crippen molar-refractivity contribution >= 4 is 34.9 Å². The second-order valence-corrected chi connectivity index (χ2v) is 5.98. The molecule has 1 aromatic rings. The third kappa shape index (κ3) is 5.28. The SMILES string of the molecule is CCC(=O)NCCN1C(=O)SC(=Cc2ccc(OC(F)F)cc2)C1=O. The van der Waals surface area contributed by atoms with Gasteiger partial charge in [-0.05, 0) is 35.5 Å². The maximum atomic E-state index is 12.3. The van der Waals surface area contributed by atoms with Gasteiger partial charge in [-0.1, -0.05) is 19.1 Å². The molecule has 3 amide bonds. The first kappa shape index (κ1) is 18.9. The van der Waals surface area contributed by atoms with Gasteiger partial charge in [0.2, 0.25) is 5.91 Å². The molecule has 1 aliphatic rings. The van der Waals surface area contributed by atoms with E-state index < -0.39 is 17.8 Å². The van der Waals surface area contributed by atoms with E-state index in [1.807, 2.05) is 0 Å². The summed E-state index contributed by atoms with van der Waals surface area (Å²) >= 11 is 0.791. The number of imide groups is 1. The van der Waals surface area contributed by atoms with Crippen molar-refractivity contribution in [1.82, 2.24) is 10.2 Å². The largest absolute Gasteiger partial charge is 0.435 e. The van der Waals surface area contributed by atoms with Gasteiger partial charge < -0.3 is 10.1 Å². The van der Waals surface area contributed by atoms with E-state index in [-0.39, 0.29) is 29.7 Å². The van der Waals surface area contributed by atoms with Crippen LogP contribution in [0.4, 0.5) is 13.6 Å². The lowest BCUT2D eigenvalue weighted by Gasteiger charge is -2.12. The second kappa shape index (κ2) is 8.61. The van der Waals surface area contributed by atoms with Gasteiger partial charge in [0.15, 0.2) is 0 Å². The van der Waals surface area contributed by atoms with Crippen LogP contribution in [0.3, 0.4) is 0 Å². The van der Waals surface area contributed by atoms with Gasteiger partial charge in [0.1, 0.15) is 5.75 Å². The summed E-state index contributed by atoms with van der Waals surface area (Å²) in [5.74, 6) is -0.603. The maximum absolute atomic E-state index is 12.3. The van der Waals surface area contributed by atoms with Gasteiger partial charge in [0, 0.05) is 19.5 Å². The number of ether oxygens (including phenoxy) is 1. The summed E-state index contributed by atoms with van der Waals surface area (Å²) in [7, 11) is 0. The zero-order valence-electron chi connectivity index (χ0n) is 13.3. The first-order valence-corrected chi connectivity index (χ1v) is 8.29. The lowest BCUT2D eigenvalue weighted by molar-refractivity contribution is -0.124. The molecule has 0 spiro atoms.